The van der Waals surface area contributed by atoms with E-state index in [1.165, 1.54) is 27.8 Å². The van der Waals surface area contributed by atoms with Gasteiger partial charge in [0.15, 0.2) is 0 Å². The van der Waals surface area contributed by atoms with Crippen molar-refractivity contribution in [2.45, 2.75) is 51.2 Å². The number of benzene rings is 2. The van der Waals surface area contributed by atoms with Crippen LogP contribution in [0, 0.1) is 6.92 Å². The molecule has 1 aliphatic carbocycles. The number of pyridine rings is 1. The Hall–Kier alpha value is -4.48. The predicted octanol–water partition coefficient (Wildman–Crippen LogP) is 3.67. The number of likely N-dealkylation sites (tertiary alicyclic amines) is 1. The van der Waals surface area contributed by atoms with E-state index < -0.39 is 6.10 Å². The summed E-state index contributed by atoms with van der Waals surface area (Å²) in [6.07, 6.45) is 5.32. The third-order valence-corrected chi connectivity index (χ3v) is 9.18. The number of hydrogen-bond acceptors (Lipinski definition) is 9. The maximum atomic E-state index is 13.3. The molecule has 0 radical (unpaired) electrons. The van der Waals surface area contributed by atoms with Crippen LogP contribution < -0.4 is 10.1 Å². The Kier molecular flexibility index (Phi) is 7.22. The van der Waals surface area contributed by atoms with Crippen LogP contribution in [-0.4, -0.2) is 92.2 Å². The molecule has 0 saturated carbocycles. The van der Waals surface area contributed by atoms with Crippen LogP contribution >= 0.6 is 0 Å². The molecule has 44 heavy (non-hydrogen) atoms. The van der Waals surface area contributed by atoms with E-state index in [2.05, 4.69) is 38.2 Å². The van der Waals surface area contributed by atoms with E-state index >= 15 is 0 Å². The number of hydrogen-bond donors (Lipinski definition) is 4. The average Bonchev–Trinajstić information content (AvgIpc) is 3.73. The van der Waals surface area contributed by atoms with Gasteiger partial charge in [-0.25, -0.2) is 9.97 Å². The minimum atomic E-state index is -0.820. The summed E-state index contributed by atoms with van der Waals surface area (Å²) in [5.74, 6) is 0.332. The first-order chi connectivity index (χ1) is 21.3. The summed E-state index contributed by atoms with van der Waals surface area (Å²) in [6.45, 7) is 4.07. The molecule has 2 aromatic heterocycles. The van der Waals surface area contributed by atoms with Crippen molar-refractivity contribution in [3.8, 4) is 23.0 Å². The van der Waals surface area contributed by atoms with E-state index in [1.54, 1.807) is 18.2 Å². The lowest BCUT2D eigenvalue weighted by Gasteiger charge is -2.33. The second-order valence-corrected chi connectivity index (χ2v) is 12.1. The normalized spacial score (nSPS) is 17.8. The van der Waals surface area contributed by atoms with E-state index in [4.69, 9.17) is 4.74 Å². The van der Waals surface area contributed by atoms with Crippen molar-refractivity contribution in [1.82, 2.24) is 24.8 Å². The molecule has 3 aliphatic rings. The van der Waals surface area contributed by atoms with Gasteiger partial charge in [-0.2, -0.15) is 0 Å². The number of rotatable bonds is 8. The summed E-state index contributed by atoms with van der Waals surface area (Å²) in [5.41, 5.74) is 6.46. The summed E-state index contributed by atoms with van der Waals surface area (Å²) in [4.78, 5) is 42.2. The number of aliphatic hydroxyl groups excluding tert-OH is 1. The quantitative estimate of drug-likeness (QED) is 0.224. The fraction of sp³-hybridized carbons (Fsp3) is 0.394. The molecule has 1 saturated heterocycles. The lowest BCUT2D eigenvalue weighted by Crippen LogP contribution is -2.46. The van der Waals surface area contributed by atoms with Gasteiger partial charge in [0.25, 0.3) is 11.8 Å². The van der Waals surface area contributed by atoms with Crippen LogP contribution in [0.4, 0.5) is 5.69 Å². The Bertz CT molecular complexity index is 1720. The molecule has 11 nitrogen and oxygen atoms in total. The van der Waals surface area contributed by atoms with Crippen molar-refractivity contribution in [2.75, 3.05) is 38.6 Å². The number of nitrogens with one attached hydrogen (secondary N) is 2. The highest BCUT2D eigenvalue weighted by atomic mass is 16.5. The highest BCUT2D eigenvalue weighted by Gasteiger charge is 2.41. The number of imide groups is 1. The molecule has 7 rings (SSSR count). The van der Waals surface area contributed by atoms with Crippen LogP contribution in [0.15, 0.2) is 36.5 Å². The molecule has 2 amide bonds. The first-order valence-corrected chi connectivity index (χ1v) is 15.2. The smallest absolute Gasteiger partial charge is 0.261 e. The van der Waals surface area contributed by atoms with Crippen molar-refractivity contribution < 1.29 is 24.5 Å². The number of aryl methyl sites for hydroxylation is 1. The third-order valence-electron chi connectivity index (χ3n) is 9.18. The van der Waals surface area contributed by atoms with Gasteiger partial charge < -0.3 is 30.2 Å². The summed E-state index contributed by atoms with van der Waals surface area (Å²) in [6, 6.07) is 8.93. The predicted molar refractivity (Wildman–Crippen MR) is 165 cm³/mol. The largest absolute Gasteiger partial charge is 0.493 e. The number of ether oxygens (including phenoxy) is 1. The van der Waals surface area contributed by atoms with Crippen molar-refractivity contribution in [3.63, 3.8) is 0 Å². The van der Waals surface area contributed by atoms with Crippen molar-refractivity contribution >= 4 is 28.5 Å². The molecule has 2 aromatic carbocycles. The van der Waals surface area contributed by atoms with Crippen LogP contribution in [0.5, 0.6) is 11.6 Å². The zero-order chi connectivity index (χ0) is 30.5. The van der Waals surface area contributed by atoms with E-state index in [0.717, 1.165) is 50.9 Å². The standard InChI is InChI=1S/C33H36N6O5/c1-18-6-7-28(22-5-3-4-21(18)22)44-17-20(40)16-35-25-8-11-34-31(41)29(25)30-36-26-14-23-24(15-27(26)37-30)33(43)39(32(23)42)19-9-12-38(2)13-10-19/h6-8,11,14-15,19-20,40H,3-5,9-10,12-13,16-17H2,1-2H3,(H,36,37)(H2,34,35,41)/t20-/m1/s1. The highest BCUT2D eigenvalue weighted by molar-refractivity contribution is 6.23. The summed E-state index contributed by atoms with van der Waals surface area (Å²) < 4.78 is 6.01. The monoisotopic (exact) mass is 596 g/mol. The van der Waals surface area contributed by atoms with Crippen LogP contribution in [-0.2, 0) is 12.8 Å². The fourth-order valence-electron chi connectivity index (χ4n) is 6.76. The number of amides is 2. The molecule has 0 unspecified atom stereocenters. The van der Waals surface area contributed by atoms with E-state index in [0.29, 0.717) is 39.2 Å². The summed E-state index contributed by atoms with van der Waals surface area (Å²) in [5, 5.41) is 24.7. The maximum absolute atomic E-state index is 13.3. The first-order valence-electron chi connectivity index (χ1n) is 15.2. The number of aromatic nitrogens is 3. The van der Waals surface area contributed by atoms with Crippen molar-refractivity contribution in [2.24, 2.45) is 0 Å². The number of anilines is 1. The summed E-state index contributed by atoms with van der Waals surface area (Å²) >= 11 is 0. The zero-order valence-corrected chi connectivity index (χ0v) is 24.9. The van der Waals surface area contributed by atoms with Gasteiger partial charge in [0, 0.05) is 18.8 Å². The Morgan fingerprint density at radius 2 is 1.84 bits per heavy atom. The van der Waals surface area contributed by atoms with Gasteiger partial charge in [0.2, 0.25) is 5.88 Å². The number of aromatic amines is 1. The fourth-order valence-corrected chi connectivity index (χ4v) is 6.76. The average molecular weight is 597 g/mol. The van der Waals surface area contributed by atoms with Gasteiger partial charge >= 0.3 is 0 Å². The molecule has 1 fully saturated rings. The molecule has 4 aromatic rings. The van der Waals surface area contributed by atoms with Crippen molar-refractivity contribution in [3.05, 3.63) is 64.3 Å². The molecule has 0 spiro atoms. The molecule has 4 N–H and O–H groups in total. The lowest BCUT2D eigenvalue weighted by molar-refractivity contribution is 0.0516. The van der Waals surface area contributed by atoms with Crippen LogP contribution in [0.3, 0.4) is 0 Å². The molecular formula is C33H36N6O5. The number of carbonyl (C=O) groups excluding carboxylic acids is 2. The zero-order valence-electron chi connectivity index (χ0n) is 24.9. The van der Waals surface area contributed by atoms with Crippen LogP contribution in [0.25, 0.3) is 22.4 Å². The first kappa shape index (κ1) is 28.3. The number of nitrogens with zero attached hydrogens (tertiary/aromatic N) is 4. The number of piperidine rings is 1. The minimum Gasteiger partial charge on any atom is -0.493 e. The maximum Gasteiger partial charge on any atom is 0.261 e. The van der Waals surface area contributed by atoms with Gasteiger partial charge in [-0.05, 0) is 100 Å². The molecule has 2 aliphatic heterocycles. The Labute approximate surface area is 254 Å². The molecule has 4 heterocycles. The second-order valence-electron chi connectivity index (χ2n) is 12.1. The highest BCUT2D eigenvalue weighted by Crippen LogP contribution is 2.37. The van der Waals surface area contributed by atoms with Crippen LogP contribution in [0.1, 0.15) is 56.7 Å². The van der Waals surface area contributed by atoms with Gasteiger partial charge in [0.05, 0.1) is 27.8 Å². The molecule has 11 heteroatoms. The SMILES string of the molecule is Cc1ccc(OC[C@H](O)CNc2ccnc(O)c2-c2nc3cc4c(cc3[nH]2)C(=O)N(C2CCN(C)CC2)C4=O)c2c1CCC2. The van der Waals surface area contributed by atoms with Gasteiger partial charge in [-0.1, -0.05) is 6.07 Å². The number of aliphatic hydroxyl groups is 1. The van der Waals surface area contributed by atoms with E-state index in [-0.39, 0.29) is 36.9 Å². The number of carbonyl (C=O) groups is 2. The lowest BCUT2D eigenvalue weighted by atomic mass is 10.0. The topological polar surface area (TPSA) is 144 Å². The van der Waals surface area contributed by atoms with E-state index in [1.807, 2.05) is 13.1 Å². The van der Waals surface area contributed by atoms with Gasteiger partial charge in [0.1, 0.15) is 29.8 Å². The molecule has 228 valence electrons. The summed E-state index contributed by atoms with van der Waals surface area (Å²) in [7, 11) is 2.04. The van der Waals surface area contributed by atoms with E-state index in [9.17, 15) is 19.8 Å². The number of H-pyrrole nitrogens is 1. The van der Waals surface area contributed by atoms with Gasteiger partial charge in [-0.3, -0.25) is 14.5 Å². The minimum absolute atomic E-state index is 0.111. The Morgan fingerprint density at radius 1 is 1.09 bits per heavy atom. The second kappa shape index (κ2) is 11.2. The molecular weight excluding hydrogens is 560 g/mol. The molecule has 1 atom stereocenters. The third kappa shape index (κ3) is 4.95. The van der Waals surface area contributed by atoms with Crippen molar-refractivity contribution in [1.29, 1.82) is 0 Å². The molecule has 0 bridgehead atoms. The Balaban J connectivity index is 1.08. The number of imidazole rings is 1. The number of aromatic hydroxyl groups is 1. The van der Waals surface area contributed by atoms with Crippen LogP contribution in [0.2, 0.25) is 0 Å². The Morgan fingerprint density at radius 3 is 2.64 bits per heavy atom. The van der Waals surface area contributed by atoms with Gasteiger partial charge in [-0.15, -0.1) is 0 Å². The number of fused-ring (bicyclic) bond motifs is 3.